The minimum atomic E-state index is 0.411. The Kier molecular flexibility index (Phi) is 4.02. The first-order valence-electron chi connectivity index (χ1n) is 5.14. The number of hydrogen-bond acceptors (Lipinski definition) is 2. The molecule has 0 N–H and O–H groups in total. The van der Waals surface area contributed by atoms with Gasteiger partial charge in [0.05, 0.1) is 12.1 Å². The fourth-order valence-electron chi connectivity index (χ4n) is 1.39. The Morgan fingerprint density at radius 3 is 2.76 bits per heavy atom. The van der Waals surface area contributed by atoms with Crippen molar-refractivity contribution in [3.63, 3.8) is 0 Å². The molecule has 1 heterocycles. The Balaban J connectivity index is 2.26. The van der Waals surface area contributed by atoms with E-state index in [1.165, 1.54) is 0 Å². The maximum absolute atomic E-state index is 5.88. The van der Waals surface area contributed by atoms with Crippen molar-refractivity contribution < 1.29 is 4.74 Å². The van der Waals surface area contributed by atoms with Gasteiger partial charge in [0.15, 0.2) is 0 Å². The highest BCUT2D eigenvalue weighted by Crippen LogP contribution is 2.28. The van der Waals surface area contributed by atoms with E-state index in [4.69, 9.17) is 16.3 Å². The van der Waals surface area contributed by atoms with Crippen LogP contribution in [-0.2, 0) is 5.88 Å². The predicted molar refractivity (Wildman–Crippen MR) is 72.7 cm³/mol. The van der Waals surface area contributed by atoms with Crippen LogP contribution in [0.3, 0.4) is 0 Å². The average molecular weight is 313 g/mol. The van der Waals surface area contributed by atoms with Crippen molar-refractivity contribution in [3.8, 4) is 11.5 Å². The first kappa shape index (κ1) is 12.4. The third-order valence-electron chi connectivity index (χ3n) is 2.28. The summed E-state index contributed by atoms with van der Waals surface area (Å²) in [5, 5.41) is 0. The summed E-state index contributed by atoms with van der Waals surface area (Å²) in [6.45, 7) is 1.94. The van der Waals surface area contributed by atoms with Gasteiger partial charge in [-0.05, 0) is 37.3 Å². The second-order valence-electron chi connectivity index (χ2n) is 3.62. The number of rotatable bonds is 3. The molecule has 0 aliphatic carbocycles. The van der Waals surface area contributed by atoms with Crippen molar-refractivity contribution >= 4 is 27.5 Å². The summed E-state index contributed by atoms with van der Waals surface area (Å²) in [6, 6.07) is 9.57. The summed E-state index contributed by atoms with van der Waals surface area (Å²) >= 11 is 9.28. The van der Waals surface area contributed by atoms with Crippen LogP contribution < -0.4 is 4.74 Å². The number of pyridine rings is 1. The number of aryl methyl sites for hydroxylation is 1. The SMILES string of the molecule is Cc1ccc(Oc2ccc(Br)cc2CCl)cn1. The van der Waals surface area contributed by atoms with Gasteiger partial charge < -0.3 is 4.74 Å². The lowest BCUT2D eigenvalue weighted by atomic mass is 10.2. The lowest BCUT2D eigenvalue weighted by molar-refractivity contribution is 0.475. The third kappa shape index (κ3) is 3.20. The first-order chi connectivity index (χ1) is 8.19. The number of alkyl halides is 1. The third-order valence-corrected chi connectivity index (χ3v) is 3.06. The van der Waals surface area contributed by atoms with Gasteiger partial charge in [-0.1, -0.05) is 15.9 Å². The molecule has 0 aliphatic heterocycles. The highest BCUT2D eigenvalue weighted by Gasteiger charge is 2.05. The van der Waals surface area contributed by atoms with Gasteiger partial charge in [-0.25, -0.2) is 0 Å². The molecule has 1 aromatic carbocycles. The van der Waals surface area contributed by atoms with Crippen molar-refractivity contribution in [2.75, 3.05) is 0 Å². The number of hydrogen-bond donors (Lipinski definition) is 0. The maximum atomic E-state index is 5.88. The van der Waals surface area contributed by atoms with E-state index in [2.05, 4.69) is 20.9 Å². The molecule has 0 atom stereocenters. The molecule has 4 heteroatoms. The van der Waals surface area contributed by atoms with Crippen LogP contribution in [0.25, 0.3) is 0 Å². The zero-order valence-corrected chi connectivity index (χ0v) is 11.6. The van der Waals surface area contributed by atoms with Crippen LogP contribution in [0, 0.1) is 6.92 Å². The Hall–Kier alpha value is -1.06. The van der Waals surface area contributed by atoms with Gasteiger partial charge in [0.25, 0.3) is 0 Å². The monoisotopic (exact) mass is 311 g/mol. The fraction of sp³-hybridized carbons (Fsp3) is 0.154. The fourth-order valence-corrected chi connectivity index (χ4v) is 2.01. The van der Waals surface area contributed by atoms with E-state index in [0.29, 0.717) is 11.6 Å². The van der Waals surface area contributed by atoms with Crippen molar-refractivity contribution in [1.82, 2.24) is 4.98 Å². The van der Waals surface area contributed by atoms with E-state index in [1.54, 1.807) is 6.20 Å². The average Bonchev–Trinajstić information content (AvgIpc) is 2.34. The summed E-state index contributed by atoms with van der Waals surface area (Å²) in [7, 11) is 0. The number of ether oxygens (including phenoxy) is 1. The van der Waals surface area contributed by atoms with Gasteiger partial charge in [0, 0.05) is 15.7 Å². The lowest BCUT2D eigenvalue weighted by Gasteiger charge is -2.09. The molecule has 0 spiro atoms. The molecule has 0 radical (unpaired) electrons. The van der Waals surface area contributed by atoms with E-state index >= 15 is 0 Å². The summed E-state index contributed by atoms with van der Waals surface area (Å²) in [6.07, 6.45) is 1.70. The van der Waals surface area contributed by atoms with E-state index in [1.807, 2.05) is 37.3 Å². The molecule has 2 nitrogen and oxygen atoms in total. The number of benzene rings is 1. The molecule has 2 aromatic rings. The standard InChI is InChI=1S/C13H11BrClNO/c1-9-2-4-12(8-16-9)17-13-5-3-11(14)6-10(13)7-15/h2-6,8H,7H2,1H3. The Bertz CT molecular complexity index is 513. The van der Waals surface area contributed by atoms with Crippen molar-refractivity contribution in [3.05, 3.63) is 52.3 Å². The van der Waals surface area contributed by atoms with Gasteiger partial charge in [0.1, 0.15) is 11.5 Å². The molecule has 17 heavy (non-hydrogen) atoms. The second-order valence-corrected chi connectivity index (χ2v) is 4.81. The quantitative estimate of drug-likeness (QED) is 0.767. The minimum absolute atomic E-state index is 0.411. The topological polar surface area (TPSA) is 22.1 Å². The minimum Gasteiger partial charge on any atom is -0.455 e. The maximum Gasteiger partial charge on any atom is 0.145 e. The van der Waals surface area contributed by atoms with E-state index < -0.39 is 0 Å². The van der Waals surface area contributed by atoms with Crippen LogP contribution in [0.2, 0.25) is 0 Å². The summed E-state index contributed by atoms with van der Waals surface area (Å²) in [5.74, 6) is 1.88. The molecule has 0 saturated carbocycles. The van der Waals surface area contributed by atoms with Crippen molar-refractivity contribution in [1.29, 1.82) is 0 Å². The van der Waals surface area contributed by atoms with Crippen molar-refractivity contribution in [2.45, 2.75) is 12.8 Å². The van der Waals surface area contributed by atoms with E-state index in [0.717, 1.165) is 21.5 Å². The molecular weight excluding hydrogens is 302 g/mol. The molecular formula is C13H11BrClNO. The summed E-state index contributed by atoms with van der Waals surface area (Å²) in [4.78, 5) is 4.18. The largest absolute Gasteiger partial charge is 0.455 e. The Morgan fingerprint density at radius 1 is 1.29 bits per heavy atom. The van der Waals surface area contributed by atoms with Crippen LogP contribution in [0.5, 0.6) is 11.5 Å². The predicted octanol–water partition coefficient (Wildman–Crippen LogP) is 4.68. The molecule has 0 unspecified atom stereocenters. The molecule has 0 amide bonds. The van der Waals surface area contributed by atoms with Crippen LogP contribution in [-0.4, -0.2) is 4.98 Å². The number of aromatic nitrogens is 1. The zero-order chi connectivity index (χ0) is 12.3. The Labute approximate surface area is 114 Å². The second kappa shape index (κ2) is 5.52. The molecule has 88 valence electrons. The molecule has 2 rings (SSSR count). The van der Waals surface area contributed by atoms with Crippen LogP contribution >= 0.6 is 27.5 Å². The lowest BCUT2D eigenvalue weighted by Crippen LogP contribution is -1.91. The van der Waals surface area contributed by atoms with E-state index in [-0.39, 0.29) is 0 Å². The first-order valence-corrected chi connectivity index (χ1v) is 6.46. The van der Waals surface area contributed by atoms with Gasteiger partial charge >= 0.3 is 0 Å². The van der Waals surface area contributed by atoms with E-state index in [9.17, 15) is 0 Å². The van der Waals surface area contributed by atoms with Gasteiger partial charge in [-0.2, -0.15) is 0 Å². The number of nitrogens with zero attached hydrogens (tertiary/aromatic N) is 1. The normalized spacial score (nSPS) is 10.3. The molecule has 0 saturated heterocycles. The summed E-state index contributed by atoms with van der Waals surface area (Å²) < 4.78 is 6.73. The molecule has 0 bridgehead atoms. The highest BCUT2D eigenvalue weighted by molar-refractivity contribution is 9.10. The van der Waals surface area contributed by atoms with Crippen LogP contribution in [0.15, 0.2) is 41.0 Å². The number of halogens is 2. The van der Waals surface area contributed by atoms with Gasteiger partial charge in [-0.3, -0.25) is 4.98 Å². The highest BCUT2D eigenvalue weighted by atomic mass is 79.9. The van der Waals surface area contributed by atoms with Gasteiger partial charge in [0.2, 0.25) is 0 Å². The summed E-state index contributed by atoms with van der Waals surface area (Å²) in [5.41, 5.74) is 1.91. The van der Waals surface area contributed by atoms with Crippen LogP contribution in [0.4, 0.5) is 0 Å². The van der Waals surface area contributed by atoms with Crippen molar-refractivity contribution in [2.24, 2.45) is 0 Å². The zero-order valence-electron chi connectivity index (χ0n) is 9.28. The molecule has 0 fully saturated rings. The van der Waals surface area contributed by atoms with Crippen LogP contribution in [0.1, 0.15) is 11.3 Å². The van der Waals surface area contributed by atoms with Gasteiger partial charge in [-0.15, -0.1) is 11.6 Å². The Morgan fingerprint density at radius 2 is 2.12 bits per heavy atom. The smallest absolute Gasteiger partial charge is 0.145 e. The molecule has 0 aliphatic rings. The molecule has 1 aromatic heterocycles.